The van der Waals surface area contributed by atoms with Crippen LogP contribution in [0, 0.1) is 17.7 Å². The van der Waals surface area contributed by atoms with Gasteiger partial charge in [0.1, 0.15) is 5.65 Å². The van der Waals surface area contributed by atoms with Crippen molar-refractivity contribution in [3.63, 3.8) is 0 Å². The molecule has 0 aliphatic heterocycles. The summed E-state index contributed by atoms with van der Waals surface area (Å²) in [6.07, 6.45) is 9.49. The number of aromatic nitrogens is 4. The van der Waals surface area contributed by atoms with Gasteiger partial charge in [0.25, 0.3) is 0 Å². The van der Waals surface area contributed by atoms with Gasteiger partial charge >= 0.3 is 0 Å². The third-order valence-electron chi connectivity index (χ3n) is 5.54. The minimum absolute atomic E-state index is 0.284. The third-order valence-corrected chi connectivity index (χ3v) is 5.75. The predicted octanol–water partition coefficient (Wildman–Crippen LogP) is 4.41. The SMILES string of the molecule is Fc1cnc(-c2c[nH]c3ncc(Cl)cc23)nc1N[C@H]1C[C@@H]2CC[C@H]1C2. The Morgan fingerprint density at radius 1 is 1.20 bits per heavy atom. The maximum Gasteiger partial charge on any atom is 0.183 e. The van der Waals surface area contributed by atoms with Crippen LogP contribution >= 0.6 is 11.6 Å². The molecule has 0 saturated heterocycles. The highest BCUT2D eigenvalue weighted by molar-refractivity contribution is 6.31. The minimum Gasteiger partial charge on any atom is -0.364 e. The second-order valence-corrected chi connectivity index (χ2v) is 7.50. The predicted molar refractivity (Wildman–Crippen MR) is 94.9 cm³/mol. The van der Waals surface area contributed by atoms with Crippen molar-refractivity contribution in [3.05, 3.63) is 35.5 Å². The topological polar surface area (TPSA) is 66.5 Å². The van der Waals surface area contributed by atoms with E-state index in [1.807, 2.05) is 6.07 Å². The molecule has 2 N–H and O–H groups in total. The first-order valence-corrected chi connectivity index (χ1v) is 8.97. The quantitative estimate of drug-likeness (QED) is 0.728. The van der Waals surface area contributed by atoms with Crippen molar-refractivity contribution in [1.29, 1.82) is 0 Å². The summed E-state index contributed by atoms with van der Waals surface area (Å²) in [6.45, 7) is 0. The Hall–Kier alpha value is -2.21. The maximum atomic E-state index is 14.3. The zero-order valence-electron chi connectivity index (χ0n) is 13.5. The van der Waals surface area contributed by atoms with E-state index in [4.69, 9.17) is 11.6 Å². The zero-order valence-corrected chi connectivity index (χ0v) is 14.2. The smallest absolute Gasteiger partial charge is 0.183 e. The van der Waals surface area contributed by atoms with Crippen LogP contribution in [0.2, 0.25) is 5.02 Å². The standard InChI is InChI=1S/C18H17ClFN5/c19-11-5-12-13(7-22-16(12)21-6-11)17-23-8-14(20)18(25-17)24-15-4-9-1-2-10(15)3-9/h5-10,15H,1-4H2,(H,21,22)(H,23,24,25)/t9-,10+,15+/m1/s1. The Bertz CT molecular complexity index is 956. The van der Waals surface area contributed by atoms with E-state index in [-0.39, 0.29) is 5.82 Å². The van der Waals surface area contributed by atoms with Crippen LogP contribution in [-0.2, 0) is 0 Å². The number of nitrogens with zero attached hydrogens (tertiary/aromatic N) is 3. The fourth-order valence-corrected chi connectivity index (χ4v) is 4.52. The molecule has 0 spiro atoms. The van der Waals surface area contributed by atoms with Crippen LogP contribution in [0.25, 0.3) is 22.4 Å². The molecule has 3 aromatic heterocycles. The summed E-state index contributed by atoms with van der Waals surface area (Å²) >= 11 is 6.05. The molecule has 25 heavy (non-hydrogen) atoms. The lowest BCUT2D eigenvalue weighted by Gasteiger charge is -2.23. The van der Waals surface area contributed by atoms with Crippen molar-refractivity contribution in [1.82, 2.24) is 19.9 Å². The zero-order chi connectivity index (χ0) is 17.0. The van der Waals surface area contributed by atoms with Gasteiger partial charge in [-0.2, -0.15) is 0 Å². The van der Waals surface area contributed by atoms with Gasteiger partial charge in [0.2, 0.25) is 0 Å². The average Bonchev–Trinajstić information content (AvgIpc) is 3.31. The summed E-state index contributed by atoms with van der Waals surface area (Å²) in [5.41, 5.74) is 1.47. The van der Waals surface area contributed by atoms with Crippen molar-refractivity contribution in [3.8, 4) is 11.4 Å². The fourth-order valence-electron chi connectivity index (χ4n) is 4.36. The van der Waals surface area contributed by atoms with Gasteiger partial charge in [-0.15, -0.1) is 0 Å². The van der Waals surface area contributed by atoms with Crippen molar-refractivity contribution < 1.29 is 4.39 Å². The Balaban J connectivity index is 1.51. The highest BCUT2D eigenvalue weighted by Crippen LogP contribution is 2.45. The Morgan fingerprint density at radius 3 is 2.92 bits per heavy atom. The first kappa shape index (κ1) is 15.1. The van der Waals surface area contributed by atoms with Gasteiger partial charge in [-0.25, -0.2) is 19.3 Å². The van der Waals surface area contributed by atoms with Crippen LogP contribution in [0.4, 0.5) is 10.2 Å². The molecule has 2 aliphatic carbocycles. The van der Waals surface area contributed by atoms with Crippen LogP contribution in [0.1, 0.15) is 25.7 Å². The molecular weight excluding hydrogens is 341 g/mol. The molecule has 7 heteroatoms. The van der Waals surface area contributed by atoms with Gasteiger partial charge in [0.05, 0.1) is 11.2 Å². The maximum absolute atomic E-state index is 14.3. The average molecular weight is 358 g/mol. The van der Waals surface area contributed by atoms with Crippen LogP contribution in [0.5, 0.6) is 0 Å². The van der Waals surface area contributed by atoms with E-state index in [1.54, 1.807) is 12.4 Å². The van der Waals surface area contributed by atoms with Gasteiger partial charge in [-0.05, 0) is 37.2 Å². The number of hydrogen-bond acceptors (Lipinski definition) is 4. The summed E-state index contributed by atoms with van der Waals surface area (Å²) in [6, 6.07) is 2.13. The lowest BCUT2D eigenvalue weighted by atomic mass is 9.95. The molecule has 2 saturated carbocycles. The van der Waals surface area contributed by atoms with E-state index >= 15 is 0 Å². The number of pyridine rings is 1. The van der Waals surface area contributed by atoms with Gasteiger partial charge in [-0.3, -0.25) is 0 Å². The monoisotopic (exact) mass is 357 g/mol. The minimum atomic E-state index is -0.414. The van der Waals surface area contributed by atoms with Gasteiger partial charge < -0.3 is 10.3 Å². The van der Waals surface area contributed by atoms with Crippen molar-refractivity contribution in [2.24, 2.45) is 11.8 Å². The number of nitrogens with one attached hydrogen (secondary N) is 2. The third kappa shape index (κ3) is 2.56. The lowest BCUT2D eigenvalue weighted by molar-refractivity contribution is 0.436. The molecule has 5 nitrogen and oxygen atoms in total. The van der Waals surface area contributed by atoms with Crippen LogP contribution in [0.15, 0.2) is 24.7 Å². The Morgan fingerprint density at radius 2 is 2.12 bits per heavy atom. The number of fused-ring (bicyclic) bond motifs is 3. The van der Waals surface area contributed by atoms with Crippen LogP contribution in [0.3, 0.4) is 0 Å². The Kier molecular flexibility index (Phi) is 3.41. The van der Waals surface area contributed by atoms with Gasteiger partial charge in [-0.1, -0.05) is 18.0 Å². The summed E-state index contributed by atoms with van der Waals surface area (Å²) in [5.74, 6) is 1.75. The van der Waals surface area contributed by atoms with Crippen LogP contribution in [-0.4, -0.2) is 26.0 Å². The molecule has 0 radical (unpaired) electrons. The molecule has 3 heterocycles. The van der Waals surface area contributed by atoms with E-state index in [0.29, 0.717) is 28.5 Å². The molecule has 128 valence electrons. The Labute approximate surface area is 149 Å². The highest BCUT2D eigenvalue weighted by Gasteiger charge is 2.39. The number of H-pyrrole nitrogens is 1. The van der Waals surface area contributed by atoms with E-state index in [9.17, 15) is 4.39 Å². The van der Waals surface area contributed by atoms with E-state index < -0.39 is 5.82 Å². The molecule has 3 aromatic rings. The molecule has 5 rings (SSSR count). The number of aromatic amines is 1. The summed E-state index contributed by atoms with van der Waals surface area (Å²) < 4.78 is 14.3. The molecule has 3 atom stereocenters. The molecule has 2 fully saturated rings. The number of anilines is 1. The molecule has 2 bridgehead atoms. The van der Waals surface area contributed by atoms with E-state index in [2.05, 4.69) is 25.3 Å². The first-order chi connectivity index (χ1) is 12.2. The second-order valence-electron chi connectivity index (χ2n) is 7.07. The van der Waals surface area contributed by atoms with Crippen LogP contribution < -0.4 is 5.32 Å². The van der Waals surface area contributed by atoms with Crippen molar-refractivity contribution >= 4 is 28.5 Å². The normalized spacial score (nSPS) is 25.0. The molecular formula is C18H17ClFN5. The largest absolute Gasteiger partial charge is 0.364 e. The summed E-state index contributed by atoms with van der Waals surface area (Å²) in [5, 5.41) is 4.69. The summed E-state index contributed by atoms with van der Waals surface area (Å²) in [4.78, 5) is 15.9. The molecule has 0 unspecified atom stereocenters. The second kappa shape index (κ2) is 5.66. The fraction of sp³-hybridized carbons (Fsp3) is 0.389. The summed E-state index contributed by atoms with van der Waals surface area (Å²) in [7, 11) is 0. The molecule has 0 aromatic carbocycles. The van der Waals surface area contributed by atoms with Gasteiger partial charge in [0, 0.05) is 29.4 Å². The highest BCUT2D eigenvalue weighted by atomic mass is 35.5. The van der Waals surface area contributed by atoms with E-state index in [1.165, 1.54) is 25.5 Å². The number of halogens is 2. The molecule has 2 aliphatic rings. The lowest BCUT2D eigenvalue weighted by Crippen LogP contribution is -2.27. The number of hydrogen-bond donors (Lipinski definition) is 2. The number of rotatable bonds is 3. The van der Waals surface area contributed by atoms with Gasteiger partial charge in [0.15, 0.2) is 17.5 Å². The van der Waals surface area contributed by atoms with Crippen molar-refractivity contribution in [2.45, 2.75) is 31.7 Å². The van der Waals surface area contributed by atoms with Crippen molar-refractivity contribution in [2.75, 3.05) is 5.32 Å². The van der Waals surface area contributed by atoms with E-state index in [0.717, 1.165) is 23.3 Å². The first-order valence-electron chi connectivity index (χ1n) is 8.59. The molecule has 0 amide bonds.